The van der Waals surface area contributed by atoms with Crippen molar-refractivity contribution in [3.8, 4) is 0 Å². The van der Waals surface area contributed by atoms with Crippen LogP contribution in [0.1, 0.15) is 47.8 Å². The van der Waals surface area contributed by atoms with E-state index in [2.05, 4.69) is 34.4 Å². The van der Waals surface area contributed by atoms with E-state index in [9.17, 15) is 4.79 Å². The molecular formula is C22H28N4OS. The number of hydrogen-bond donors (Lipinski definition) is 1. The summed E-state index contributed by atoms with van der Waals surface area (Å²) in [5.41, 5.74) is 1.03. The van der Waals surface area contributed by atoms with Gasteiger partial charge in [-0.3, -0.25) is 4.79 Å². The number of carbonyl (C=O) groups excluding carboxylic acids is 1. The van der Waals surface area contributed by atoms with Gasteiger partial charge in [-0.25, -0.2) is 9.97 Å². The molecule has 3 atom stereocenters. The molecule has 0 radical (unpaired) electrons. The lowest BCUT2D eigenvalue weighted by Crippen LogP contribution is -2.37. The number of nitrogens with one attached hydrogen (secondary N) is 1. The fourth-order valence-corrected chi connectivity index (χ4v) is 6.24. The van der Waals surface area contributed by atoms with Crippen molar-refractivity contribution in [2.75, 3.05) is 25.0 Å². The molecule has 1 saturated carbocycles. The first-order valence-electron chi connectivity index (χ1n) is 10.6. The average molecular weight is 397 g/mol. The summed E-state index contributed by atoms with van der Waals surface area (Å²) in [4.78, 5) is 25.9. The normalized spacial score (nSPS) is 27.1. The van der Waals surface area contributed by atoms with Gasteiger partial charge in [0.25, 0.3) is 5.91 Å². The van der Waals surface area contributed by atoms with E-state index in [0.717, 1.165) is 76.7 Å². The van der Waals surface area contributed by atoms with Crippen LogP contribution in [0.15, 0.2) is 18.5 Å². The molecule has 2 fully saturated rings. The second-order valence-corrected chi connectivity index (χ2v) is 9.85. The Morgan fingerprint density at radius 2 is 2.07 bits per heavy atom. The zero-order chi connectivity index (χ0) is 19.3. The Labute approximate surface area is 170 Å². The lowest BCUT2D eigenvalue weighted by molar-refractivity contribution is 0.0701. The molecule has 148 valence electrons. The van der Waals surface area contributed by atoms with Gasteiger partial charge in [-0.2, -0.15) is 0 Å². The predicted molar refractivity (Wildman–Crippen MR) is 114 cm³/mol. The summed E-state index contributed by atoms with van der Waals surface area (Å²) in [5.74, 6) is 3.96. The largest absolute Gasteiger partial charge is 0.369 e. The first kappa shape index (κ1) is 18.1. The molecule has 2 aliphatic carbocycles. The molecule has 28 heavy (non-hydrogen) atoms. The van der Waals surface area contributed by atoms with Crippen LogP contribution in [0.3, 0.4) is 0 Å². The van der Waals surface area contributed by atoms with E-state index in [1.165, 1.54) is 24.2 Å². The van der Waals surface area contributed by atoms with Crippen molar-refractivity contribution in [2.45, 2.75) is 39.5 Å². The summed E-state index contributed by atoms with van der Waals surface area (Å²) < 4.78 is 0. The predicted octanol–water partition coefficient (Wildman–Crippen LogP) is 4.50. The summed E-state index contributed by atoms with van der Waals surface area (Å²) in [6.45, 7) is 6.99. The minimum atomic E-state index is 0.164. The highest BCUT2D eigenvalue weighted by molar-refractivity contribution is 7.20. The first-order chi connectivity index (χ1) is 13.6. The summed E-state index contributed by atoms with van der Waals surface area (Å²) in [7, 11) is 0. The Kier molecular flexibility index (Phi) is 4.62. The van der Waals surface area contributed by atoms with Crippen LogP contribution in [0.4, 0.5) is 5.82 Å². The van der Waals surface area contributed by atoms with Crippen molar-refractivity contribution in [1.29, 1.82) is 0 Å². The first-order valence-corrected chi connectivity index (χ1v) is 11.4. The minimum absolute atomic E-state index is 0.164. The summed E-state index contributed by atoms with van der Waals surface area (Å²) in [6, 6.07) is 0. The smallest absolute Gasteiger partial charge is 0.264 e. The maximum absolute atomic E-state index is 13.1. The molecule has 3 aliphatic rings. The Morgan fingerprint density at radius 3 is 2.79 bits per heavy atom. The van der Waals surface area contributed by atoms with Gasteiger partial charge in [-0.15, -0.1) is 11.3 Å². The lowest BCUT2D eigenvalue weighted by Gasteiger charge is -2.30. The summed E-state index contributed by atoms with van der Waals surface area (Å²) >= 11 is 1.52. The molecule has 0 spiro atoms. The van der Waals surface area contributed by atoms with Gasteiger partial charge in [0.1, 0.15) is 17.0 Å². The van der Waals surface area contributed by atoms with Crippen LogP contribution in [0.2, 0.25) is 0 Å². The van der Waals surface area contributed by atoms with Crippen molar-refractivity contribution < 1.29 is 4.79 Å². The van der Waals surface area contributed by atoms with Gasteiger partial charge < -0.3 is 10.2 Å². The van der Waals surface area contributed by atoms with Crippen molar-refractivity contribution in [1.82, 2.24) is 14.9 Å². The van der Waals surface area contributed by atoms with Crippen LogP contribution >= 0.6 is 11.3 Å². The number of aromatic nitrogens is 2. The molecule has 1 N–H and O–H groups in total. The molecule has 2 aromatic rings. The number of allylic oxidation sites excluding steroid dienone is 2. The van der Waals surface area contributed by atoms with Gasteiger partial charge in [0, 0.05) is 19.6 Å². The molecule has 2 bridgehead atoms. The van der Waals surface area contributed by atoms with Gasteiger partial charge in [0.05, 0.1) is 10.3 Å². The molecule has 0 aromatic carbocycles. The number of piperidine rings is 1. The number of thiophene rings is 1. The number of fused-ring (bicyclic) bond motifs is 3. The van der Waals surface area contributed by atoms with Crippen LogP contribution in [0.25, 0.3) is 10.2 Å². The van der Waals surface area contributed by atoms with Crippen molar-refractivity contribution >= 4 is 33.3 Å². The van der Waals surface area contributed by atoms with E-state index in [0.29, 0.717) is 5.92 Å². The topological polar surface area (TPSA) is 58.1 Å². The highest BCUT2D eigenvalue weighted by Crippen LogP contribution is 2.43. The van der Waals surface area contributed by atoms with Gasteiger partial charge in [0.15, 0.2) is 0 Å². The van der Waals surface area contributed by atoms with E-state index >= 15 is 0 Å². The Bertz CT molecular complexity index is 928. The van der Waals surface area contributed by atoms with Crippen LogP contribution in [-0.4, -0.2) is 40.4 Å². The molecule has 0 unspecified atom stereocenters. The van der Waals surface area contributed by atoms with Crippen LogP contribution in [0.5, 0.6) is 0 Å². The van der Waals surface area contributed by atoms with Crippen molar-refractivity contribution in [3.63, 3.8) is 0 Å². The molecular weight excluding hydrogens is 368 g/mol. The second-order valence-electron chi connectivity index (χ2n) is 8.85. The zero-order valence-electron chi connectivity index (χ0n) is 16.6. The van der Waals surface area contributed by atoms with Gasteiger partial charge >= 0.3 is 0 Å². The molecule has 2 aromatic heterocycles. The highest BCUT2D eigenvalue weighted by atomic mass is 32.1. The van der Waals surface area contributed by atoms with Crippen molar-refractivity contribution in [2.24, 2.45) is 23.7 Å². The third-order valence-corrected chi connectivity index (χ3v) is 8.13. The second kappa shape index (κ2) is 7.14. The average Bonchev–Trinajstić information content (AvgIpc) is 3.41. The van der Waals surface area contributed by atoms with Gasteiger partial charge in [-0.05, 0) is 61.8 Å². The molecule has 3 heterocycles. The van der Waals surface area contributed by atoms with Crippen LogP contribution < -0.4 is 5.32 Å². The maximum atomic E-state index is 13.1. The van der Waals surface area contributed by atoms with E-state index in [4.69, 9.17) is 0 Å². The van der Waals surface area contributed by atoms with E-state index in [1.807, 2.05) is 11.8 Å². The van der Waals surface area contributed by atoms with Crippen LogP contribution in [0, 0.1) is 30.6 Å². The molecule has 1 aliphatic heterocycles. The fourth-order valence-electron chi connectivity index (χ4n) is 5.12. The summed E-state index contributed by atoms with van der Waals surface area (Å²) in [6.07, 6.45) is 11.2. The molecule has 5 nitrogen and oxygen atoms in total. The van der Waals surface area contributed by atoms with E-state index < -0.39 is 0 Å². The quantitative estimate of drug-likeness (QED) is 0.773. The number of anilines is 1. The number of nitrogens with zero attached hydrogens (tertiary/aromatic N) is 3. The molecule has 5 rings (SSSR count). The lowest BCUT2D eigenvalue weighted by atomic mass is 9.93. The number of amides is 1. The molecule has 1 amide bonds. The van der Waals surface area contributed by atoms with Crippen molar-refractivity contribution in [3.05, 3.63) is 28.9 Å². The Morgan fingerprint density at radius 1 is 1.25 bits per heavy atom. The Hall–Kier alpha value is -1.95. The van der Waals surface area contributed by atoms with Gasteiger partial charge in [-0.1, -0.05) is 19.1 Å². The van der Waals surface area contributed by atoms with E-state index in [-0.39, 0.29) is 5.91 Å². The van der Waals surface area contributed by atoms with Gasteiger partial charge in [0.2, 0.25) is 0 Å². The third kappa shape index (κ3) is 3.11. The number of rotatable bonds is 4. The minimum Gasteiger partial charge on any atom is -0.369 e. The zero-order valence-corrected chi connectivity index (χ0v) is 17.5. The summed E-state index contributed by atoms with van der Waals surface area (Å²) in [5, 5.41) is 4.62. The fraction of sp³-hybridized carbons (Fsp3) is 0.591. The highest BCUT2D eigenvalue weighted by Gasteiger charge is 2.35. The third-order valence-electron chi connectivity index (χ3n) is 6.94. The number of likely N-dealkylation sites (tertiary alicyclic amines) is 1. The monoisotopic (exact) mass is 396 g/mol. The Balaban J connectivity index is 1.37. The van der Waals surface area contributed by atoms with E-state index in [1.54, 1.807) is 6.33 Å². The molecule has 6 heteroatoms. The number of hydrogen-bond acceptors (Lipinski definition) is 5. The van der Waals surface area contributed by atoms with Crippen LogP contribution in [-0.2, 0) is 0 Å². The number of carbonyl (C=O) groups is 1. The SMILES string of the molecule is Cc1c(C(=O)N2CCC(C)CC2)sc2ncnc(NC[C@@H]3C[C@H]4C=C[C@@H]3C4)c12. The maximum Gasteiger partial charge on any atom is 0.264 e. The molecule has 1 saturated heterocycles. The number of aryl methyl sites for hydroxylation is 1. The standard InChI is InChI=1S/C22H28N4OS/c1-13-5-7-26(8-6-13)22(27)19-14(2)18-20(24-12-25-21(18)28-19)23-11-17-10-15-3-4-16(17)9-15/h3-4,12-13,15-17H,5-11H2,1-2H3,(H,23,24,25)/t15-,16+,17-/m0/s1.